The Labute approximate surface area is 166 Å². The average Bonchev–Trinajstić information content (AvgIpc) is 2.66. The summed E-state index contributed by atoms with van der Waals surface area (Å²) in [6, 6.07) is 15.2. The maximum absolute atomic E-state index is 11.4. The molecule has 0 saturated carbocycles. The Balaban J connectivity index is 1.76. The number of halogens is 1. The zero-order valence-corrected chi connectivity index (χ0v) is 16.6. The van der Waals surface area contributed by atoms with E-state index in [9.17, 15) is 9.90 Å². The number of hydrogen-bond donors (Lipinski definition) is 1. The molecule has 2 aromatic rings. The van der Waals surface area contributed by atoms with Crippen molar-refractivity contribution in [3.63, 3.8) is 0 Å². The molecule has 0 heterocycles. The molecule has 2 aromatic carbocycles. The zero-order chi connectivity index (χ0) is 19.6. The number of aliphatic hydroxyl groups excluding tert-OH is 1. The summed E-state index contributed by atoms with van der Waals surface area (Å²) in [5, 5.41) is 11.0. The first-order valence-electron chi connectivity index (χ1n) is 9.14. The topological polar surface area (TPSA) is 55.8 Å². The molecule has 0 aliphatic rings. The molecule has 4 nitrogen and oxygen atoms in total. The lowest BCUT2D eigenvalue weighted by Crippen LogP contribution is -2.16. The minimum absolute atomic E-state index is 0.0188. The predicted octanol–water partition coefficient (Wildman–Crippen LogP) is 4.63. The number of Topliss-reactive ketones (excluding diaryl/α,β-unsaturated/α-hetero) is 1. The Bertz CT molecular complexity index is 715. The van der Waals surface area contributed by atoms with Gasteiger partial charge in [0.1, 0.15) is 19.0 Å². The molecule has 0 aliphatic heterocycles. The third-order valence-corrected chi connectivity index (χ3v) is 4.61. The number of aliphatic hydroxyl groups is 1. The SMILES string of the molecule is COCC(=O)COc1ccc(CC(C)CCC(O)c2cccc(Cl)c2)cc1. The van der Waals surface area contributed by atoms with E-state index >= 15 is 0 Å². The summed E-state index contributed by atoms with van der Waals surface area (Å²) in [4.78, 5) is 11.4. The Morgan fingerprint density at radius 2 is 1.85 bits per heavy atom. The van der Waals surface area contributed by atoms with Gasteiger partial charge in [0, 0.05) is 12.1 Å². The standard InChI is InChI=1S/C22H27ClO4/c1-16(6-11-22(25)18-4-3-5-19(23)13-18)12-17-7-9-21(10-8-17)27-15-20(24)14-26-2/h3-5,7-10,13,16,22,25H,6,11-12,14-15H2,1-2H3. The van der Waals surface area contributed by atoms with Crippen molar-refractivity contribution >= 4 is 17.4 Å². The van der Waals surface area contributed by atoms with E-state index in [0.29, 0.717) is 23.1 Å². The van der Waals surface area contributed by atoms with Crippen molar-refractivity contribution in [1.29, 1.82) is 0 Å². The van der Waals surface area contributed by atoms with Crippen LogP contribution in [0, 0.1) is 5.92 Å². The molecule has 0 bridgehead atoms. The minimum Gasteiger partial charge on any atom is -0.486 e. The van der Waals surface area contributed by atoms with Gasteiger partial charge in [0.2, 0.25) is 0 Å². The summed E-state index contributed by atoms with van der Waals surface area (Å²) in [5.41, 5.74) is 2.06. The van der Waals surface area contributed by atoms with Crippen molar-refractivity contribution < 1.29 is 19.4 Å². The first-order chi connectivity index (χ1) is 13.0. The number of hydrogen-bond acceptors (Lipinski definition) is 4. The third kappa shape index (κ3) is 7.71. The maximum Gasteiger partial charge on any atom is 0.195 e. The van der Waals surface area contributed by atoms with Crippen LogP contribution in [0.4, 0.5) is 0 Å². The molecule has 0 saturated heterocycles. The molecular formula is C22H27ClO4. The molecule has 0 amide bonds. The Morgan fingerprint density at radius 3 is 2.52 bits per heavy atom. The van der Waals surface area contributed by atoms with Gasteiger partial charge in [-0.1, -0.05) is 42.8 Å². The lowest BCUT2D eigenvalue weighted by atomic mass is 9.93. The number of rotatable bonds is 11. The Hall–Kier alpha value is -1.88. The van der Waals surface area contributed by atoms with Gasteiger partial charge in [-0.15, -0.1) is 0 Å². The average molecular weight is 391 g/mol. The van der Waals surface area contributed by atoms with Crippen molar-refractivity contribution in [3.8, 4) is 5.75 Å². The zero-order valence-electron chi connectivity index (χ0n) is 15.9. The van der Waals surface area contributed by atoms with Crippen LogP contribution in [0.25, 0.3) is 0 Å². The van der Waals surface area contributed by atoms with Crippen molar-refractivity contribution in [3.05, 3.63) is 64.7 Å². The van der Waals surface area contributed by atoms with E-state index in [-0.39, 0.29) is 19.0 Å². The number of ketones is 1. The second-order valence-electron chi connectivity index (χ2n) is 6.86. The molecule has 1 N–H and O–H groups in total. The molecule has 5 heteroatoms. The first-order valence-corrected chi connectivity index (χ1v) is 9.51. The van der Waals surface area contributed by atoms with Gasteiger partial charge in [-0.25, -0.2) is 0 Å². The highest BCUT2D eigenvalue weighted by atomic mass is 35.5. The summed E-state index contributed by atoms with van der Waals surface area (Å²) < 4.78 is 10.2. The molecule has 146 valence electrons. The highest BCUT2D eigenvalue weighted by Crippen LogP contribution is 2.25. The second kappa shape index (κ2) is 11.1. The van der Waals surface area contributed by atoms with Crippen LogP contribution in [0.2, 0.25) is 5.02 Å². The largest absolute Gasteiger partial charge is 0.486 e. The summed E-state index contributed by atoms with van der Waals surface area (Å²) >= 11 is 5.98. The van der Waals surface area contributed by atoms with Gasteiger partial charge in [0.25, 0.3) is 0 Å². The van der Waals surface area contributed by atoms with Crippen LogP contribution in [0.15, 0.2) is 48.5 Å². The van der Waals surface area contributed by atoms with Crippen molar-refractivity contribution in [2.45, 2.75) is 32.3 Å². The van der Waals surface area contributed by atoms with Gasteiger partial charge in [0.05, 0.1) is 6.10 Å². The number of carbonyl (C=O) groups excluding carboxylic acids is 1. The molecule has 0 aromatic heterocycles. The summed E-state index contributed by atoms with van der Waals surface area (Å²) in [6.45, 7) is 2.26. The van der Waals surface area contributed by atoms with Gasteiger partial charge >= 0.3 is 0 Å². The molecule has 2 unspecified atom stereocenters. The summed E-state index contributed by atoms with van der Waals surface area (Å²) in [6.07, 6.45) is 2.04. The third-order valence-electron chi connectivity index (χ3n) is 4.38. The van der Waals surface area contributed by atoms with Crippen LogP contribution >= 0.6 is 11.6 Å². The van der Waals surface area contributed by atoms with Crippen molar-refractivity contribution in [2.24, 2.45) is 5.92 Å². The van der Waals surface area contributed by atoms with Crippen LogP contribution in [-0.4, -0.2) is 31.2 Å². The van der Waals surface area contributed by atoms with E-state index in [2.05, 4.69) is 6.92 Å². The molecule has 27 heavy (non-hydrogen) atoms. The smallest absolute Gasteiger partial charge is 0.195 e. The number of carbonyl (C=O) groups is 1. The lowest BCUT2D eigenvalue weighted by Gasteiger charge is -2.16. The van der Waals surface area contributed by atoms with E-state index in [1.807, 2.05) is 42.5 Å². The van der Waals surface area contributed by atoms with E-state index < -0.39 is 6.10 Å². The van der Waals surface area contributed by atoms with E-state index in [0.717, 1.165) is 18.4 Å². The van der Waals surface area contributed by atoms with Gasteiger partial charge in [-0.3, -0.25) is 4.79 Å². The van der Waals surface area contributed by atoms with E-state index in [4.69, 9.17) is 21.1 Å². The van der Waals surface area contributed by atoms with Crippen LogP contribution < -0.4 is 4.74 Å². The monoisotopic (exact) mass is 390 g/mol. The van der Waals surface area contributed by atoms with Gasteiger partial charge < -0.3 is 14.6 Å². The van der Waals surface area contributed by atoms with E-state index in [1.54, 1.807) is 6.07 Å². The minimum atomic E-state index is -0.494. The fraction of sp³-hybridized carbons (Fsp3) is 0.409. The molecule has 0 radical (unpaired) electrons. The number of methoxy groups -OCH3 is 1. The Morgan fingerprint density at radius 1 is 1.11 bits per heavy atom. The quantitative estimate of drug-likeness (QED) is 0.607. The first kappa shape index (κ1) is 21.4. The molecule has 0 fully saturated rings. The van der Waals surface area contributed by atoms with Gasteiger partial charge in [0.15, 0.2) is 5.78 Å². The Kier molecular flexibility index (Phi) is 8.79. The molecule has 0 aliphatic carbocycles. The van der Waals surface area contributed by atoms with Crippen LogP contribution in [0.3, 0.4) is 0 Å². The molecular weight excluding hydrogens is 364 g/mol. The van der Waals surface area contributed by atoms with E-state index in [1.165, 1.54) is 12.7 Å². The van der Waals surface area contributed by atoms with Gasteiger partial charge in [-0.2, -0.15) is 0 Å². The highest BCUT2D eigenvalue weighted by molar-refractivity contribution is 6.30. The van der Waals surface area contributed by atoms with Gasteiger partial charge in [-0.05, 0) is 60.6 Å². The summed E-state index contributed by atoms with van der Waals surface area (Å²) in [7, 11) is 1.49. The lowest BCUT2D eigenvalue weighted by molar-refractivity contribution is -0.124. The highest BCUT2D eigenvalue weighted by Gasteiger charge is 2.11. The van der Waals surface area contributed by atoms with Crippen LogP contribution in [0.5, 0.6) is 5.75 Å². The fourth-order valence-corrected chi connectivity index (χ4v) is 3.11. The van der Waals surface area contributed by atoms with Crippen LogP contribution in [0.1, 0.15) is 37.0 Å². The molecule has 0 spiro atoms. The van der Waals surface area contributed by atoms with Crippen molar-refractivity contribution in [2.75, 3.05) is 20.3 Å². The molecule has 2 atom stereocenters. The second-order valence-corrected chi connectivity index (χ2v) is 7.30. The molecule has 2 rings (SSSR count). The van der Waals surface area contributed by atoms with Crippen molar-refractivity contribution in [1.82, 2.24) is 0 Å². The number of ether oxygens (including phenoxy) is 2. The normalized spacial score (nSPS) is 13.2. The fourth-order valence-electron chi connectivity index (χ4n) is 2.92. The van der Waals surface area contributed by atoms with Crippen LogP contribution in [-0.2, 0) is 16.0 Å². The number of benzene rings is 2. The summed E-state index contributed by atoms with van der Waals surface area (Å²) in [5.74, 6) is 1.02. The predicted molar refractivity (Wildman–Crippen MR) is 107 cm³/mol. The maximum atomic E-state index is 11.4.